The van der Waals surface area contributed by atoms with Crippen molar-refractivity contribution in [2.75, 3.05) is 36.0 Å². The zero-order valence-corrected chi connectivity index (χ0v) is 18.5. The number of benzene rings is 1. The molecular formula is C24H26FN5O3. The summed E-state index contributed by atoms with van der Waals surface area (Å²) in [5.74, 6) is 0.317. The van der Waals surface area contributed by atoms with Crippen LogP contribution >= 0.6 is 0 Å². The molecule has 2 aliphatic heterocycles. The standard InChI is InChI=1S/C24H26FN5O3/c1-3-10-29-12-11-28(16-27-29)23-9-5-18(14-26-23)21-8-6-19(13-22(21)25)30-15-20(33-24(30)32)7-4-17(2)31/h3,5-6,8-9,13-14,16,20H,1,4,7,10-12,15H2,2H3/t20-/m0/s1. The van der Waals surface area contributed by atoms with Crippen molar-refractivity contribution in [1.29, 1.82) is 0 Å². The van der Waals surface area contributed by atoms with Crippen LogP contribution in [0.1, 0.15) is 19.8 Å². The minimum atomic E-state index is -0.531. The number of hydrogen-bond acceptors (Lipinski definition) is 7. The molecule has 8 nitrogen and oxygen atoms in total. The second-order valence-electron chi connectivity index (χ2n) is 8.05. The Bertz CT molecular complexity index is 1070. The first-order valence-electron chi connectivity index (χ1n) is 10.8. The van der Waals surface area contributed by atoms with Gasteiger partial charge in [-0.3, -0.25) is 9.91 Å². The van der Waals surface area contributed by atoms with Crippen molar-refractivity contribution >= 4 is 29.7 Å². The summed E-state index contributed by atoms with van der Waals surface area (Å²) in [7, 11) is 0. The molecule has 3 heterocycles. The summed E-state index contributed by atoms with van der Waals surface area (Å²) < 4.78 is 20.2. The van der Waals surface area contributed by atoms with Gasteiger partial charge in [0.15, 0.2) is 0 Å². The second kappa shape index (κ2) is 9.81. The predicted octanol–water partition coefficient (Wildman–Crippen LogP) is 3.83. The van der Waals surface area contributed by atoms with E-state index in [1.165, 1.54) is 17.9 Å². The number of ether oxygens (including phenoxy) is 1. The number of hydrazone groups is 1. The Kier molecular flexibility index (Phi) is 6.67. The summed E-state index contributed by atoms with van der Waals surface area (Å²) in [6.07, 6.45) is 5.06. The number of halogens is 1. The van der Waals surface area contributed by atoms with Gasteiger partial charge < -0.3 is 14.4 Å². The lowest BCUT2D eigenvalue weighted by molar-refractivity contribution is -0.117. The highest BCUT2D eigenvalue weighted by Crippen LogP contribution is 2.30. The van der Waals surface area contributed by atoms with Gasteiger partial charge in [0.2, 0.25) is 0 Å². The Morgan fingerprint density at radius 3 is 2.79 bits per heavy atom. The number of hydrogen-bond donors (Lipinski definition) is 0. The maximum Gasteiger partial charge on any atom is 0.414 e. The normalized spacial score (nSPS) is 17.9. The number of carbonyl (C=O) groups is 2. The van der Waals surface area contributed by atoms with Gasteiger partial charge >= 0.3 is 6.09 Å². The third-order valence-corrected chi connectivity index (χ3v) is 5.60. The second-order valence-corrected chi connectivity index (χ2v) is 8.05. The van der Waals surface area contributed by atoms with Crippen LogP contribution in [-0.4, -0.2) is 60.5 Å². The quantitative estimate of drug-likeness (QED) is 0.568. The summed E-state index contributed by atoms with van der Waals surface area (Å²) in [5, 5.41) is 6.27. The Balaban J connectivity index is 1.44. The molecule has 1 aromatic heterocycles. The lowest BCUT2D eigenvalue weighted by Crippen LogP contribution is -2.38. The number of ketones is 1. The van der Waals surface area contributed by atoms with Crippen molar-refractivity contribution in [3.8, 4) is 11.1 Å². The van der Waals surface area contributed by atoms with E-state index < -0.39 is 11.9 Å². The summed E-state index contributed by atoms with van der Waals surface area (Å²) in [4.78, 5) is 31.2. The van der Waals surface area contributed by atoms with Crippen molar-refractivity contribution in [2.45, 2.75) is 25.9 Å². The first-order valence-corrected chi connectivity index (χ1v) is 10.8. The van der Waals surface area contributed by atoms with Gasteiger partial charge in [-0.05, 0) is 43.7 Å². The van der Waals surface area contributed by atoms with E-state index in [1.54, 1.807) is 30.7 Å². The molecule has 0 N–H and O–H groups in total. The van der Waals surface area contributed by atoms with E-state index in [2.05, 4.69) is 16.7 Å². The Morgan fingerprint density at radius 1 is 1.30 bits per heavy atom. The van der Waals surface area contributed by atoms with Gasteiger partial charge in [0, 0.05) is 30.3 Å². The smallest absolute Gasteiger partial charge is 0.414 e. The van der Waals surface area contributed by atoms with Gasteiger partial charge in [0.1, 0.15) is 29.9 Å². The van der Waals surface area contributed by atoms with Crippen LogP contribution in [0.5, 0.6) is 0 Å². The van der Waals surface area contributed by atoms with Crippen LogP contribution in [-0.2, 0) is 9.53 Å². The number of amides is 1. The molecule has 0 unspecified atom stereocenters. The van der Waals surface area contributed by atoms with E-state index in [9.17, 15) is 14.0 Å². The van der Waals surface area contributed by atoms with E-state index in [0.29, 0.717) is 42.7 Å². The molecule has 4 rings (SSSR count). The molecule has 0 saturated carbocycles. The van der Waals surface area contributed by atoms with Gasteiger partial charge in [0.25, 0.3) is 0 Å². The molecule has 1 fully saturated rings. The fourth-order valence-corrected chi connectivity index (χ4v) is 3.80. The van der Waals surface area contributed by atoms with Crippen LogP contribution in [0.2, 0.25) is 0 Å². The lowest BCUT2D eigenvalue weighted by Gasteiger charge is -2.28. The van der Waals surface area contributed by atoms with Crippen LogP contribution in [0.25, 0.3) is 11.1 Å². The van der Waals surface area contributed by atoms with E-state index in [0.717, 1.165) is 18.9 Å². The van der Waals surface area contributed by atoms with Crippen LogP contribution in [0.4, 0.5) is 20.7 Å². The van der Waals surface area contributed by atoms with Crippen LogP contribution < -0.4 is 9.80 Å². The molecule has 172 valence electrons. The molecule has 9 heteroatoms. The molecule has 0 spiro atoms. The fraction of sp³-hybridized carbons (Fsp3) is 0.333. The summed E-state index contributed by atoms with van der Waals surface area (Å²) >= 11 is 0. The highest BCUT2D eigenvalue weighted by molar-refractivity contribution is 5.90. The van der Waals surface area contributed by atoms with E-state index in [-0.39, 0.29) is 11.9 Å². The summed E-state index contributed by atoms with van der Waals surface area (Å²) in [6, 6.07) is 8.28. The number of rotatable bonds is 8. The van der Waals surface area contributed by atoms with Crippen molar-refractivity contribution in [3.05, 3.63) is 55.0 Å². The zero-order valence-electron chi connectivity index (χ0n) is 18.5. The first kappa shape index (κ1) is 22.4. The maximum absolute atomic E-state index is 14.9. The topological polar surface area (TPSA) is 78.3 Å². The fourth-order valence-electron chi connectivity index (χ4n) is 3.80. The molecule has 1 amide bonds. The number of nitrogens with zero attached hydrogens (tertiary/aromatic N) is 5. The van der Waals surface area contributed by atoms with Crippen LogP contribution in [0, 0.1) is 5.82 Å². The number of pyridine rings is 1. The molecule has 0 aliphatic carbocycles. The van der Waals surface area contributed by atoms with Gasteiger partial charge in [-0.15, -0.1) is 6.58 Å². The number of Topliss-reactive ketones (excluding diaryl/α,β-unsaturated/α-hetero) is 1. The zero-order chi connectivity index (χ0) is 23.4. The molecule has 0 radical (unpaired) electrons. The Labute approximate surface area is 191 Å². The average Bonchev–Trinajstić information content (AvgIpc) is 3.19. The minimum Gasteiger partial charge on any atom is -0.444 e. The monoisotopic (exact) mass is 451 g/mol. The Hall–Kier alpha value is -3.75. The van der Waals surface area contributed by atoms with Crippen LogP contribution in [0.3, 0.4) is 0 Å². The third-order valence-electron chi connectivity index (χ3n) is 5.60. The molecule has 33 heavy (non-hydrogen) atoms. The minimum absolute atomic E-state index is 0.0433. The van der Waals surface area contributed by atoms with E-state index in [1.807, 2.05) is 22.0 Å². The molecule has 1 aromatic carbocycles. The van der Waals surface area contributed by atoms with Crippen molar-refractivity contribution in [2.24, 2.45) is 5.10 Å². The number of cyclic esters (lactones) is 1. The Morgan fingerprint density at radius 2 is 2.15 bits per heavy atom. The van der Waals surface area contributed by atoms with Crippen molar-refractivity contribution in [3.63, 3.8) is 0 Å². The molecule has 2 aliphatic rings. The van der Waals surface area contributed by atoms with E-state index >= 15 is 0 Å². The van der Waals surface area contributed by atoms with Gasteiger partial charge in [-0.1, -0.05) is 6.08 Å². The van der Waals surface area contributed by atoms with E-state index in [4.69, 9.17) is 4.74 Å². The lowest BCUT2D eigenvalue weighted by atomic mass is 10.1. The maximum atomic E-state index is 14.9. The third kappa shape index (κ3) is 5.19. The highest BCUT2D eigenvalue weighted by Gasteiger charge is 2.32. The summed E-state index contributed by atoms with van der Waals surface area (Å²) in [6.45, 7) is 7.71. The number of anilines is 2. The molecule has 2 aromatic rings. The first-order chi connectivity index (χ1) is 15.9. The van der Waals surface area contributed by atoms with Crippen molar-refractivity contribution in [1.82, 2.24) is 9.99 Å². The molecule has 1 saturated heterocycles. The number of carbonyl (C=O) groups excluding carboxylic acids is 2. The van der Waals surface area contributed by atoms with Crippen molar-refractivity contribution < 1.29 is 18.7 Å². The van der Waals surface area contributed by atoms with Gasteiger partial charge in [-0.2, -0.15) is 5.10 Å². The average molecular weight is 452 g/mol. The molecular weight excluding hydrogens is 425 g/mol. The van der Waals surface area contributed by atoms with Gasteiger partial charge in [-0.25, -0.2) is 14.2 Å². The largest absolute Gasteiger partial charge is 0.444 e. The van der Waals surface area contributed by atoms with Gasteiger partial charge in [0.05, 0.1) is 25.3 Å². The summed E-state index contributed by atoms with van der Waals surface area (Å²) in [5.41, 5.74) is 1.45. The molecule has 0 bridgehead atoms. The van der Waals surface area contributed by atoms with Crippen LogP contribution in [0.15, 0.2) is 54.3 Å². The number of aromatic nitrogens is 1. The SMILES string of the molecule is C=CCN1CCN(c2ccc(-c3ccc(N4C[C@H](CCC(C)=O)OC4=O)cc3F)cn2)C=N1. The highest BCUT2D eigenvalue weighted by atomic mass is 19.1. The predicted molar refractivity (Wildman–Crippen MR) is 125 cm³/mol. The molecule has 1 atom stereocenters.